The summed E-state index contributed by atoms with van der Waals surface area (Å²) in [6.07, 6.45) is 0.480. The Morgan fingerprint density at radius 1 is 1.19 bits per heavy atom. The van der Waals surface area contributed by atoms with Crippen LogP contribution in [0.5, 0.6) is 0 Å². The van der Waals surface area contributed by atoms with Gasteiger partial charge in [0.25, 0.3) is 0 Å². The number of hydrogen-bond donors (Lipinski definition) is 1. The van der Waals surface area contributed by atoms with E-state index in [9.17, 15) is 9.50 Å². The van der Waals surface area contributed by atoms with Gasteiger partial charge in [-0.1, -0.05) is 18.2 Å². The van der Waals surface area contributed by atoms with Gasteiger partial charge >= 0.3 is 0 Å². The van der Waals surface area contributed by atoms with Crippen molar-refractivity contribution in [2.45, 2.75) is 38.7 Å². The Hall–Kier alpha value is -3.04. The van der Waals surface area contributed by atoms with Crippen molar-refractivity contribution in [3.63, 3.8) is 0 Å². The Bertz CT molecular complexity index is 982. The normalized spacial score (nSPS) is 12.6. The summed E-state index contributed by atoms with van der Waals surface area (Å²) in [5.41, 5.74) is 1.97. The molecule has 6 heteroatoms. The van der Waals surface area contributed by atoms with Gasteiger partial charge in [0.05, 0.1) is 18.1 Å². The van der Waals surface area contributed by atoms with Crippen LogP contribution in [0, 0.1) is 19.3 Å². The molecule has 0 unspecified atom stereocenters. The van der Waals surface area contributed by atoms with Crippen molar-refractivity contribution in [2.75, 3.05) is 0 Å². The first kappa shape index (κ1) is 18.7. The third-order valence-corrected chi connectivity index (χ3v) is 4.50. The molecule has 0 aliphatic rings. The highest BCUT2D eigenvalue weighted by Gasteiger charge is 2.33. The van der Waals surface area contributed by atoms with Crippen LogP contribution in [0.15, 0.2) is 46.9 Å². The van der Waals surface area contributed by atoms with Crippen LogP contribution in [-0.4, -0.2) is 20.9 Å². The Morgan fingerprint density at radius 3 is 2.48 bits per heavy atom. The van der Waals surface area contributed by atoms with Crippen molar-refractivity contribution in [2.24, 2.45) is 0 Å². The smallest absolute Gasteiger partial charge is 0.247 e. The second-order valence-corrected chi connectivity index (χ2v) is 7.10. The lowest BCUT2D eigenvalue weighted by Crippen LogP contribution is -2.30. The molecule has 0 bridgehead atoms. The number of aryl methyl sites for hydroxylation is 1. The predicted octanol–water partition coefficient (Wildman–Crippen LogP) is 4.83. The number of hydrogen-bond acceptors (Lipinski definition) is 4. The summed E-state index contributed by atoms with van der Waals surface area (Å²) in [6.45, 7) is 12.4. The van der Waals surface area contributed by atoms with Gasteiger partial charge in [-0.2, -0.15) is 0 Å². The molecule has 0 aliphatic heterocycles. The summed E-state index contributed by atoms with van der Waals surface area (Å²) < 4.78 is 18.9. The largest absolute Gasteiger partial charge is 0.420 e. The molecule has 2 aromatic carbocycles. The molecule has 27 heavy (non-hydrogen) atoms. The third-order valence-electron chi connectivity index (χ3n) is 4.50. The predicted molar refractivity (Wildman–Crippen MR) is 99.9 cm³/mol. The second-order valence-electron chi connectivity index (χ2n) is 7.10. The van der Waals surface area contributed by atoms with E-state index in [2.05, 4.69) is 15.0 Å². The van der Waals surface area contributed by atoms with E-state index in [4.69, 9.17) is 11.0 Å². The van der Waals surface area contributed by atoms with Gasteiger partial charge in [-0.05, 0) is 62.6 Å². The molecule has 0 radical (unpaired) electrons. The van der Waals surface area contributed by atoms with Crippen molar-refractivity contribution in [1.29, 1.82) is 0 Å². The minimum atomic E-state index is -1.10. The van der Waals surface area contributed by atoms with Crippen LogP contribution in [0.1, 0.15) is 36.8 Å². The zero-order valence-electron chi connectivity index (χ0n) is 15.4. The molecule has 1 aromatic heterocycles. The molecule has 0 spiro atoms. The van der Waals surface area contributed by atoms with Crippen molar-refractivity contribution in [3.05, 3.63) is 76.7 Å². The Labute approximate surface area is 157 Å². The molecule has 0 saturated carbocycles. The summed E-state index contributed by atoms with van der Waals surface area (Å²) in [7, 11) is 0. The fourth-order valence-electron chi connectivity index (χ4n) is 2.93. The first-order valence-electron chi connectivity index (χ1n) is 8.56. The third kappa shape index (κ3) is 4.21. The molecule has 1 atom stereocenters. The molecule has 0 fully saturated rings. The zero-order chi connectivity index (χ0) is 19.6. The SMILES string of the molecule is [C-]#[N+]c1ccc(C[C@@H](c2nnc(-c3ccc(F)cc3)o2)C(C)(C)O)cc1C. The number of benzene rings is 2. The molecule has 1 heterocycles. The Balaban J connectivity index is 1.91. The first-order chi connectivity index (χ1) is 12.8. The molecule has 0 aliphatic carbocycles. The van der Waals surface area contributed by atoms with Crippen LogP contribution < -0.4 is 0 Å². The zero-order valence-corrected chi connectivity index (χ0v) is 15.4. The highest BCUT2D eigenvalue weighted by molar-refractivity contribution is 5.53. The van der Waals surface area contributed by atoms with Crippen LogP contribution in [0.25, 0.3) is 16.3 Å². The molecular formula is C21H20FN3O2. The number of halogens is 1. The van der Waals surface area contributed by atoms with Crippen LogP contribution in [0.3, 0.4) is 0 Å². The van der Waals surface area contributed by atoms with E-state index in [1.54, 1.807) is 32.0 Å². The van der Waals surface area contributed by atoms with Crippen LogP contribution >= 0.6 is 0 Å². The molecule has 0 amide bonds. The lowest BCUT2D eigenvalue weighted by Gasteiger charge is -2.26. The van der Waals surface area contributed by atoms with E-state index >= 15 is 0 Å². The number of aromatic nitrogens is 2. The van der Waals surface area contributed by atoms with E-state index in [-0.39, 0.29) is 11.7 Å². The van der Waals surface area contributed by atoms with E-state index in [0.29, 0.717) is 23.6 Å². The maximum absolute atomic E-state index is 13.1. The number of aliphatic hydroxyl groups is 1. The minimum absolute atomic E-state index is 0.277. The van der Waals surface area contributed by atoms with Crippen molar-refractivity contribution >= 4 is 5.69 Å². The molecule has 1 N–H and O–H groups in total. The van der Waals surface area contributed by atoms with Gasteiger partial charge in [0.1, 0.15) is 5.82 Å². The fourth-order valence-corrected chi connectivity index (χ4v) is 2.93. The molecule has 0 saturated heterocycles. The van der Waals surface area contributed by atoms with Gasteiger partial charge in [0.15, 0.2) is 5.69 Å². The maximum atomic E-state index is 13.1. The average molecular weight is 365 g/mol. The fraction of sp³-hybridized carbons (Fsp3) is 0.286. The van der Waals surface area contributed by atoms with Crippen molar-refractivity contribution in [1.82, 2.24) is 10.2 Å². The van der Waals surface area contributed by atoms with Crippen LogP contribution in [0.2, 0.25) is 0 Å². The van der Waals surface area contributed by atoms with Gasteiger partial charge in [-0.25, -0.2) is 9.24 Å². The van der Waals surface area contributed by atoms with E-state index in [1.807, 2.05) is 19.1 Å². The summed E-state index contributed by atoms with van der Waals surface area (Å²) in [5.74, 6) is -0.184. The van der Waals surface area contributed by atoms with E-state index < -0.39 is 11.5 Å². The van der Waals surface area contributed by atoms with Gasteiger partial charge < -0.3 is 9.52 Å². The van der Waals surface area contributed by atoms with Crippen molar-refractivity contribution < 1.29 is 13.9 Å². The lowest BCUT2D eigenvalue weighted by molar-refractivity contribution is 0.0404. The summed E-state index contributed by atoms with van der Waals surface area (Å²) in [4.78, 5) is 3.47. The minimum Gasteiger partial charge on any atom is -0.420 e. The van der Waals surface area contributed by atoms with Crippen molar-refractivity contribution in [3.8, 4) is 11.5 Å². The Morgan fingerprint density at radius 2 is 1.89 bits per heavy atom. The monoisotopic (exact) mass is 365 g/mol. The Kier molecular flexibility index (Phi) is 5.06. The van der Waals surface area contributed by atoms with Gasteiger partial charge in [0.2, 0.25) is 11.8 Å². The van der Waals surface area contributed by atoms with Crippen LogP contribution in [-0.2, 0) is 6.42 Å². The molecule has 3 rings (SSSR count). The summed E-state index contributed by atoms with van der Waals surface area (Å²) in [6, 6.07) is 11.4. The molecule has 138 valence electrons. The van der Waals surface area contributed by atoms with E-state index in [1.165, 1.54) is 12.1 Å². The number of rotatable bonds is 5. The number of nitrogens with zero attached hydrogens (tertiary/aromatic N) is 3. The summed E-state index contributed by atoms with van der Waals surface area (Å²) in [5, 5.41) is 18.8. The molecule has 3 aromatic rings. The van der Waals surface area contributed by atoms with Crippen LogP contribution in [0.4, 0.5) is 10.1 Å². The standard InChI is InChI=1S/C21H20FN3O2/c1-13-11-14(5-10-18(13)23-4)12-17(21(2,3)26)20-25-24-19(27-20)15-6-8-16(22)9-7-15/h5-11,17,26H,12H2,1-3H3/t17-/m0/s1. The first-order valence-corrected chi connectivity index (χ1v) is 8.56. The lowest BCUT2D eigenvalue weighted by atomic mass is 9.85. The molecular weight excluding hydrogens is 345 g/mol. The average Bonchev–Trinajstić information content (AvgIpc) is 3.09. The highest BCUT2D eigenvalue weighted by Crippen LogP contribution is 2.33. The highest BCUT2D eigenvalue weighted by atomic mass is 19.1. The molecule has 5 nitrogen and oxygen atoms in total. The second kappa shape index (κ2) is 7.29. The van der Waals surface area contributed by atoms with Gasteiger partial charge in [-0.15, -0.1) is 10.2 Å². The van der Waals surface area contributed by atoms with Gasteiger partial charge in [0, 0.05) is 5.56 Å². The topological polar surface area (TPSA) is 63.5 Å². The van der Waals surface area contributed by atoms with E-state index in [0.717, 1.165) is 11.1 Å². The van der Waals surface area contributed by atoms with Gasteiger partial charge in [-0.3, -0.25) is 0 Å². The quantitative estimate of drug-likeness (QED) is 0.658. The summed E-state index contributed by atoms with van der Waals surface area (Å²) >= 11 is 0. The maximum Gasteiger partial charge on any atom is 0.247 e.